The van der Waals surface area contributed by atoms with Crippen molar-refractivity contribution in [1.29, 1.82) is 0 Å². The van der Waals surface area contributed by atoms with Gasteiger partial charge >= 0.3 is 0 Å². The molecule has 0 bridgehead atoms. The first kappa shape index (κ1) is 18.5. The molecule has 0 aliphatic carbocycles. The first-order chi connectivity index (χ1) is 13.9. The minimum absolute atomic E-state index is 0.0141. The zero-order valence-electron chi connectivity index (χ0n) is 16.1. The molecule has 0 saturated carbocycles. The second-order valence-electron chi connectivity index (χ2n) is 7.91. The van der Waals surface area contributed by atoms with Crippen LogP contribution in [0.5, 0.6) is 0 Å². The van der Waals surface area contributed by atoms with Crippen molar-refractivity contribution in [3.63, 3.8) is 0 Å². The maximum Gasteiger partial charge on any atom is 0.243 e. The second kappa shape index (κ2) is 6.50. The second-order valence-corrected chi connectivity index (χ2v) is 9.85. The van der Waals surface area contributed by atoms with Gasteiger partial charge in [0.15, 0.2) is 0 Å². The number of aromatic nitrogens is 4. The first-order valence-corrected chi connectivity index (χ1v) is 11.1. The zero-order chi connectivity index (χ0) is 20.2. The predicted molar refractivity (Wildman–Crippen MR) is 105 cm³/mol. The molecule has 1 aromatic carbocycles. The van der Waals surface area contributed by atoms with E-state index < -0.39 is 15.8 Å². The predicted octanol–water partition coefficient (Wildman–Crippen LogP) is 2.55. The summed E-state index contributed by atoms with van der Waals surface area (Å²) >= 11 is 0. The van der Waals surface area contributed by atoms with E-state index in [1.54, 1.807) is 4.68 Å². The van der Waals surface area contributed by atoms with Crippen molar-refractivity contribution in [3.05, 3.63) is 54.5 Å². The molecule has 0 unspecified atom stereocenters. The Morgan fingerprint density at radius 1 is 1.10 bits per heavy atom. The number of benzene rings is 1. The van der Waals surface area contributed by atoms with Gasteiger partial charge in [0.2, 0.25) is 10.0 Å². The lowest BCUT2D eigenvalue weighted by molar-refractivity contribution is 0.228. The van der Waals surface area contributed by atoms with Gasteiger partial charge in [-0.15, -0.1) is 0 Å². The average Bonchev–Trinajstić information content (AvgIpc) is 3.40. The number of hydrogen-bond acceptors (Lipinski definition) is 4. The van der Waals surface area contributed by atoms with Crippen molar-refractivity contribution in [2.24, 2.45) is 7.05 Å². The summed E-state index contributed by atoms with van der Waals surface area (Å²) in [6.07, 6.45) is 8.09. The lowest BCUT2D eigenvalue weighted by Crippen LogP contribution is -2.44. The molecule has 1 saturated heterocycles. The molecule has 2 aliphatic rings. The third kappa shape index (κ3) is 2.91. The summed E-state index contributed by atoms with van der Waals surface area (Å²) in [6.45, 7) is 1.69. The molecule has 7 nitrogen and oxygen atoms in total. The van der Waals surface area contributed by atoms with E-state index in [9.17, 15) is 12.8 Å². The van der Waals surface area contributed by atoms with Crippen molar-refractivity contribution in [1.82, 2.24) is 23.6 Å². The van der Waals surface area contributed by atoms with Gasteiger partial charge in [0.1, 0.15) is 11.6 Å². The molecule has 29 heavy (non-hydrogen) atoms. The topological polar surface area (TPSA) is 73.0 Å². The molecule has 0 amide bonds. The number of rotatable bonds is 3. The fourth-order valence-corrected chi connectivity index (χ4v) is 6.13. The molecule has 152 valence electrons. The van der Waals surface area contributed by atoms with E-state index in [-0.39, 0.29) is 10.3 Å². The molecule has 2 aromatic heterocycles. The van der Waals surface area contributed by atoms with Gasteiger partial charge in [-0.1, -0.05) is 6.07 Å². The van der Waals surface area contributed by atoms with E-state index in [0.29, 0.717) is 25.9 Å². The van der Waals surface area contributed by atoms with Crippen LogP contribution in [0, 0.1) is 5.82 Å². The highest BCUT2D eigenvalue weighted by Gasteiger charge is 2.46. The number of fused-ring (bicyclic) bond motifs is 2. The third-order valence-electron chi connectivity index (χ3n) is 6.26. The van der Waals surface area contributed by atoms with Gasteiger partial charge in [0.05, 0.1) is 23.0 Å². The Bertz CT molecular complexity index is 1180. The van der Waals surface area contributed by atoms with E-state index in [2.05, 4.69) is 9.67 Å². The maximum atomic E-state index is 13.5. The number of imidazole rings is 1. The lowest BCUT2D eigenvalue weighted by atomic mass is 9.77. The number of hydrogen-bond donors (Lipinski definition) is 0. The molecular weight excluding hydrogens is 393 g/mol. The Kier molecular flexibility index (Phi) is 4.15. The van der Waals surface area contributed by atoms with Crippen molar-refractivity contribution in [2.75, 3.05) is 13.1 Å². The highest BCUT2D eigenvalue weighted by Crippen LogP contribution is 2.45. The van der Waals surface area contributed by atoms with Crippen LogP contribution in [0.4, 0.5) is 4.39 Å². The van der Waals surface area contributed by atoms with Crippen LogP contribution >= 0.6 is 0 Å². The fraction of sp³-hybridized carbons (Fsp3) is 0.400. The Morgan fingerprint density at radius 3 is 2.55 bits per heavy atom. The summed E-state index contributed by atoms with van der Waals surface area (Å²) in [7, 11) is -1.80. The summed E-state index contributed by atoms with van der Waals surface area (Å²) in [5.74, 6) is 0.500. The van der Waals surface area contributed by atoms with Gasteiger partial charge in [-0.2, -0.15) is 9.40 Å². The van der Waals surface area contributed by atoms with Gasteiger partial charge in [-0.25, -0.2) is 17.8 Å². The SMILES string of the molecule is Cn1cc(-c2cnc3n2CCC32CCN(S(=O)(=O)c3cccc(F)c3)CC2)cn1. The van der Waals surface area contributed by atoms with Crippen LogP contribution < -0.4 is 0 Å². The van der Waals surface area contributed by atoms with Gasteiger partial charge in [0, 0.05) is 43.9 Å². The van der Waals surface area contributed by atoms with Crippen LogP contribution in [0.15, 0.2) is 47.8 Å². The van der Waals surface area contributed by atoms with Crippen LogP contribution in [-0.2, 0) is 29.0 Å². The van der Waals surface area contributed by atoms with E-state index in [1.165, 1.54) is 22.5 Å². The molecule has 1 fully saturated rings. The summed E-state index contributed by atoms with van der Waals surface area (Å²) in [5, 5.41) is 4.25. The normalized spacial score (nSPS) is 19.0. The van der Waals surface area contributed by atoms with Crippen LogP contribution in [0.1, 0.15) is 25.1 Å². The number of nitrogens with zero attached hydrogens (tertiary/aromatic N) is 5. The number of aryl methyl sites for hydroxylation is 1. The fourth-order valence-electron chi connectivity index (χ4n) is 4.65. The molecular formula is C20H22FN5O2S. The monoisotopic (exact) mass is 415 g/mol. The Morgan fingerprint density at radius 2 is 1.86 bits per heavy atom. The standard InChI is InChI=1S/C20H22FN5O2S/c1-24-14-15(12-23-24)18-13-22-19-20(7-10-26(18)19)5-8-25(9-6-20)29(27,28)17-4-2-3-16(21)11-17/h2-4,11-14H,5-10H2,1H3. The molecule has 9 heteroatoms. The van der Waals surface area contributed by atoms with Crippen molar-refractivity contribution < 1.29 is 12.8 Å². The Hall–Kier alpha value is -2.52. The molecule has 0 N–H and O–H groups in total. The third-order valence-corrected chi connectivity index (χ3v) is 8.15. The first-order valence-electron chi connectivity index (χ1n) is 9.70. The minimum atomic E-state index is -3.69. The number of sulfonamides is 1. The summed E-state index contributed by atoms with van der Waals surface area (Å²) < 4.78 is 44.8. The van der Waals surface area contributed by atoms with E-state index in [1.807, 2.05) is 25.6 Å². The van der Waals surface area contributed by atoms with E-state index in [0.717, 1.165) is 36.1 Å². The molecule has 0 atom stereocenters. The average molecular weight is 415 g/mol. The van der Waals surface area contributed by atoms with E-state index >= 15 is 0 Å². The highest BCUT2D eigenvalue weighted by atomic mass is 32.2. The van der Waals surface area contributed by atoms with Crippen molar-refractivity contribution in [3.8, 4) is 11.3 Å². The van der Waals surface area contributed by atoms with Crippen LogP contribution in [0.25, 0.3) is 11.3 Å². The van der Waals surface area contributed by atoms with Crippen molar-refractivity contribution >= 4 is 10.0 Å². The highest BCUT2D eigenvalue weighted by molar-refractivity contribution is 7.89. The lowest BCUT2D eigenvalue weighted by Gasteiger charge is -2.37. The minimum Gasteiger partial charge on any atom is -0.327 e. The Balaban J connectivity index is 1.39. The smallest absolute Gasteiger partial charge is 0.243 e. The summed E-state index contributed by atoms with van der Waals surface area (Å²) in [4.78, 5) is 4.74. The molecule has 0 radical (unpaired) electrons. The van der Waals surface area contributed by atoms with Crippen LogP contribution in [0.3, 0.4) is 0 Å². The molecule has 3 aromatic rings. The summed E-state index contributed by atoms with van der Waals surface area (Å²) in [6, 6.07) is 5.22. The van der Waals surface area contributed by atoms with Gasteiger partial charge in [0.25, 0.3) is 0 Å². The van der Waals surface area contributed by atoms with Crippen LogP contribution in [-0.4, -0.2) is 45.1 Å². The van der Waals surface area contributed by atoms with Crippen molar-refractivity contribution in [2.45, 2.75) is 36.1 Å². The Labute approximate surface area is 168 Å². The molecule has 5 rings (SSSR count). The number of halogens is 1. The maximum absolute atomic E-state index is 13.5. The van der Waals surface area contributed by atoms with Crippen LogP contribution in [0.2, 0.25) is 0 Å². The molecule has 1 spiro atoms. The van der Waals surface area contributed by atoms with Gasteiger partial charge in [-0.05, 0) is 37.5 Å². The molecule has 4 heterocycles. The zero-order valence-corrected chi connectivity index (χ0v) is 16.9. The van der Waals surface area contributed by atoms with E-state index in [4.69, 9.17) is 4.98 Å². The largest absolute Gasteiger partial charge is 0.327 e. The quantitative estimate of drug-likeness (QED) is 0.659. The van der Waals surface area contributed by atoms with Gasteiger partial charge < -0.3 is 4.57 Å². The summed E-state index contributed by atoms with van der Waals surface area (Å²) in [5.41, 5.74) is 1.99. The molecule has 2 aliphatic heterocycles. The van der Waals surface area contributed by atoms with Gasteiger partial charge in [-0.3, -0.25) is 4.68 Å². The number of piperidine rings is 1.